The number of ether oxygens (including phenoxy) is 1. The summed E-state index contributed by atoms with van der Waals surface area (Å²) in [4.78, 5) is 36.0. The predicted octanol–water partition coefficient (Wildman–Crippen LogP) is 3.06. The third-order valence-electron chi connectivity index (χ3n) is 4.67. The number of imide groups is 1. The number of esters is 1. The van der Waals surface area contributed by atoms with E-state index in [-0.39, 0.29) is 28.7 Å². The largest absolute Gasteiger partial charge is 0.452 e. The minimum atomic E-state index is -1.14. The van der Waals surface area contributed by atoms with Crippen molar-refractivity contribution < 1.29 is 27.9 Å². The maximum atomic E-state index is 13.0. The van der Waals surface area contributed by atoms with E-state index in [4.69, 9.17) is 9.15 Å². The van der Waals surface area contributed by atoms with Gasteiger partial charge in [-0.25, -0.2) is 9.18 Å². The lowest BCUT2D eigenvalue weighted by Gasteiger charge is -2.23. The number of hydrogen-bond donors (Lipinski definition) is 2. The van der Waals surface area contributed by atoms with Crippen LogP contribution in [-0.2, 0) is 14.3 Å². The lowest BCUT2D eigenvalue weighted by Crippen LogP contribution is -2.48. The Bertz CT molecular complexity index is 915. The summed E-state index contributed by atoms with van der Waals surface area (Å²) < 4.78 is 23.4. The number of halogens is 1. The van der Waals surface area contributed by atoms with E-state index in [0.29, 0.717) is 5.56 Å². The zero-order valence-corrected chi connectivity index (χ0v) is 17.7. The fourth-order valence-corrected chi connectivity index (χ4v) is 3.61. The van der Waals surface area contributed by atoms with Gasteiger partial charge >= 0.3 is 12.0 Å². The molecule has 0 radical (unpaired) electrons. The van der Waals surface area contributed by atoms with E-state index in [1.807, 2.05) is 0 Å². The van der Waals surface area contributed by atoms with Crippen LogP contribution < -0.4 is 10.6 Å². The Balaban J connectivity index is 1.40. The highest BCUT2D eigenvalue weighted by Gasteiger charge is 2.22. The summed E-state index contributed by atoms with van der Waals surface area (Å²) >= 11 is 0.938. The van der Waals surface area contributed by atoms with Crippen molar-refractivity contribution in [1.29, 1.82) is 0 Å². The zero-order valence-electron chi connectivity index (χ0n) is 16.9. The molecule has 1 fully saturated rings. The fourth-order valence-electron chi connectivity index (χ4n) is 3.06. The van der Waals surface area contributed by atoms with Gasteiger partial charge in [0.2, 0.25) is 5.89 Å². The van der Waals surface area contributed by atoms with Gasteiger partial charge in [-0.05, 0) is 44.0 Å². The van der Waals surface area contributed by atoms with Crippen LogP contribution in [0.3, 0.4) is 0 Å². The molecule has 31 heavy (non-hydrogen) atoms. The average molecular weight is 450 g/mol. The molecule has 9 nitrogen and oxygen atoms in total. The molecule has 1 aromatic carbocycles. The van der Waals surface area contributed by atoms with E-state index < -0.39 is 24.0 Å². The highest BCUT2D eigenvalue weighted by Crippen LogP contribution is 2.23. The first-order valence-corrected chi connectivity index (χ1v) is 10.9. The fraction of sp³-hybridized carbons (Fsp3) is 0.450. The third kappa shape index (κ3) is 7.06. The van der Waals surface area contributed by atoms with Gasteiger partial charge in [0.25, 0.3) is 11.1 Å². The molecule has 2 N–H and O–H groups in total. The van der Waals surface area contributed by atoms with Crippen molar-refractivity contribution in [3.63, 3.8) is 0 Å². The number of hydrogen-bond acceptors (Lipinski definition) is 8. The van der Waals surface area contributed by atoms with Crippen molar-refractivity contribution in [1.82, 2.24) is 20.8 Å². The van der Waals surface area contributed by atoms with Crippen LogP contribution in [-0.4, -0.2) is 46.0 Å². The van der Waals surface area contributed by atoms with Crippen LogP contribution in [0.25, 0.3) is 11.5 Å². The van der Waals surface area contributed by atoms with Crippen molar-refractivity contribution in [2.45, 2.75) is 56.4 Å². The molecular formula is C20H23FN4O5S. The van der Waals surface area contributed by atoms with Gasteiger partial charge in [-0.3, -0.25) is 14.9 Å². The number of rotatable bonds is 7. The van der Waals surface area contributed by atoms with Gasteiger partial charge in [0, 0.05) is 11.6 Å². The summed E-state index contributed by atoms with van der Waals surface area (Å²) in [7, 11) is 0. The maximum Gasteiger partial charge on any atom is 0.321 e. The van der Waals surface area contributed by atoms with Crippen molar-refractivity contribution >= 4 is 29.7 Å². The second kappa shape index (κ2) is 10.9. The Morgan fingerprint density at radius 3 is 2.61 bits per heavy atom. The summed E-state index contributed by atoms with van der Waals surface area (Å²) in [6, 6.07) is 5.00. The minimum Gasteiger partial charge on any atom is -0.452 e. The molecule has 1 atom stereocenters. The van der Waals surface area contributed by atoms with Crippen molar-refractivity contribution in [2.75, 3.05) is 5.75 Å². The van der Waals surface area contributed by atoms with Crippen molar-refractivity contribution in [2.24, 2.45) is 0 Å². The van der Waals surface area contributed by atoms with Gasteiger partial charge in [0.05, 0.1) is 0 Å². The van der Waals surface area contributed by atoms with Gasteiger partial charge in [0.15, 0.2) is 6.10 Å². The number of benzene rings is 1. The zero-order chi connectivity index (χ0) is 22.2. The van der Waals surface area contributed by atoms with E-state index in [1.54, 1.807) is 0 Å². The lowest BCUT2D eigenvalue weighted by molar-refractivity contribution is -0.151. The van der Waals surface area contributed by atoms with Crippen LogP contribution in [0.5, 0.6) is 0 Å². The molecule has 1 saturated carbocycles. The highest BCUT2D eigenvalue weighted by atomic mass is 32.2. The van der Waals surface area contributed by atoms with Crippen LogP contribution in [0.2, 0.25) is 0 Å². The van der Waals surface area contributed by atoms with Crippen molar-refractivity contribution in [3.05, 3.63) is 30.1 Å². The van der Waals surface area contributed by atoms with Gasteiger partial charge in [-0.15, -0.1) is 10.2 Å². The SMILES string of the molecule is C[C@@H](OC(=O)CSc1nnc(-c2ccc(F)cc2)o1)C(=O)NC(=O)NC1CCCCC1. The van der Waals surface area contributed by atoms with E-state index in [9.17, 15) is 18.8 Å². The van der Waals surface area contributed by atoms with Gasteiger partial charge < -0.3 is 14.5 Å². The number of carbonyl (C=O) groups excluding carboxylic acids is 3. The first-order valence-electron chi connectivity index (χ1n) is 9.94. The maximum absolute atomic E-state index is 13.0. The first-order chi connectivity index (χ1) is 14.9. The Hall–Kier alpha value is -2.95. The molecule has 3 amide bonds. The third-order valence-corrected chi connectivity index (χ3v) is 5.46. The molecule has 1 aliphatic carbocycles. The normalized spacial score (nSPS) is 15.2. The van der Waals surface area contributed by atoms with Crippen LogP contribution >= 0.6 is 11.8 Å². The number of nitrogens with zero attached hydrogens (tertiary/aromatic N) is 2. The van der Waals surface area contributed by atoms with E-state index in [1.165, 1.54) is 31.2 Å². The monoisotopic (exact) mass is 450 g/mol. The van der Waals surface area contributed by atoms with Gasteiger partial charge in [-0.1, -0.05) is 31.0 Å². The van der Waals surface area contributed by atoms with E-state index >= 15 is 0 Å². The predicted molar refractivity (Wildman–Crippen MR) is 110 cm³/mol. The van der Waals surface area contributed by atoms with E-state index in [0.717, 1.165) is 43.9 Å². The number of thioether (sulfide) groups is 1. The van der Waals surface area contributed by atoms with Gasteiger partial charge in [0.1, 0.15) is 11.6 Å². The molecule has 0 saturated heterocycles. The Labute approximate surface area is 182 Å². The number of aromatic nitrogens is 2. The second-order valence-corrected chi connectivity index (χ2v) is 8.03. The van der Waals surface area contributed by atoms with Gasteiger partial charge in [-0.2, -0.15) is 0 Å². The first kappa shape index (κ1) is 22.7. The topological polar surface area (TPSA) is 123 Å². The summed E-state index contributed by atoms with van der Waals surface area (Å²) in [5.74, 6) is -1.75. The molecule has 166 valence electrons. The standard InChI is InChI=1S/C20H23FN4O5S/c1-12(17(27)23-19(28)22-15-5-3-2-4-6-15)29-16(26)11-31-20-25-24-18(30-20)13-7-9-14(21)10-8-13/h7-10,12,15H,2-6,11H2,1H3,(H2,22,23,27,28)/t12-/m1/s1. The molecule has 1 heterocycles. The van der Waals surface area contributed by atoms with Crippen LogP contribution in [0.1, 0.15) is 39.0 Å². The quantitative estimate of drug-likeness (QED) is 0.487. The Morgan fingerprint density at radius 2 is 1.90 bits per heavy atom. The van der Waals surface area contributed by atoms with Crippen LogP contribution in [0.4, 0.5) is 9.18 Å². The van der Waals surface area contributed by atoms with Crippen molar-refractivity contribution in [3.8, 4) is 11.5 Å². The number of amides is 3. The molecular weight excluding hydrogens is 427 g/mol. The number of carbonyl (C=O) groups is 3. The number of urea groups is 1. The molecule has 0 bridgehead atoms. The molecule has 0 unspecified atom stereocenters. The number of nitrogens with one attached hydrogen (secondary N) is 2. The summed E-state index contributed by atoms with van der Waals surface area (Å²) in [5.41, 5.74) is 0.542. The molecule has 1 aromatic heterocycles. The minimum absolute atomic E-state index is 0.0602. The Morgan fingerprint density at radius 1 is 1.19 bits per heavy atom. The highest BCUT2D eigenvalue weighted by molar-refractivity contribution is 7.99. The molecule has 11 heteroatoms. The second-order valence-electron chi connectivity index (χ2n) is 7.10. The summed E-state index contributed by atoms with van der Waals surface area (Å²) in [6.45, 7) is 1.38. The van der Waals surface area contributed by atoms with E-state index in [2.05, 4.69) is 20.8 Å². The smallest absolute Gasteiger partial charge is 0.321 e. The molecule has 0 aliphatic heterocycles. The molecule has 0 spiro atoms. The Kier molecular flexibility index (Phi) is 7.99. The molecule has 1 aliphatic rings. The average Bonchev–Trinajstić information content (AvgIpc) is 3.22. The molecule has 2 aromatic rings. The molecule has 3 rings (SSSR count). The van der Waals surface area contributed by atoms with Crippen LogP contribution in [0.15, 0.2) is 33.9 Å². The summed E-state index contributed by atoms with van der Waals surface area (Å²) in [6.07, 6.45) is 3.90. The van der Waals surface area contributed by atoms with Crippen LogP contribution in [0, 0.1) is 5.82 Å². The summed E-state index contributed by atoms with van der Waals surface area (Å²) in [5, 5.41) is 12.7. The lowest BCUT2D eigenvalue weighted by atomic mass is 9.96.